The second-order valence-electron chi connectivity index (χ2n) is 6.56. The van der Waals surface area contributed by atoms with Gasteiger partial charge in [-0.25, -0.2) is 0 Å². The predicted octanol–water partition coefficient (Wildman–Crippen LogP) is 5.26. The summed E-state index contributed by atoms with van der Waals surface area (Å²) >= 11 is 0. The van der Waals surface area contributed by atoms with E-state index in [4.69, 9.17) is 4.42 Å². The number of aryl methyl sites for hydroxylation is 1. The molecule has 29 heavy (non-hydrogen) atoms. The van der Waals surface area contributed by atoms with Crippen LogP contribution in [-0.2, 0) is 0 Å². The molecule has 7 heteroatoms. The minimum absolute atomic E-state index is 0.0726. The molecule has 0 fully saturated rings. The lowest BCUT2D eigenvalue weighted by Gasteiger charge is -2.22. The third kappa shape index (κ3) is 4.29. The second-order valence-corrected chi connectivity index (χ2v) is 6.56. The molecular formula is C22H23N3O4. The first kappa shape index (κ1) is 20.1. The van der Waals surface area contributed by atoms with E-state index in [1.165, 1.54) is 12.1 Å². The van der Waals surface area contributed by atoms with Crippen molar-refractivity contribution in [2.75, 3.05) is 23.3 Å². The predicted molar refractivity (Wildman–Crippen MR) is 113 cm³/mol. The number of nitrogens with one attached hydrogen (secondary N) is 1. The summed E-state index contributed by atoms with van der Waals surface area (Å²) in [5, 5.41) is 14.1. The molecule has 2 aromatic carbocycles. The van der Waals surface area contributed by atoms with E-state index in [9.17, 15) is 14.9 Å². The summed E-state index contributed by atoms with van der Waals surface area (Å²) in [6.07, 6.45) is 0. The molecule has 1 amide bonds. The van der Waals surface area contributed by atoms with Gasteiger partial charge in [-0.05, 0) is 62.7 Å². The average Bonchev–Trinajstić information content (AvgIpc) is 3.21. The van der Waals surface area contributed by atoms with E-state index in [1.54, 1.807) is 24.3 Å². The molecular weight excluding hydrogens is 370 g/mol. The van der Waals surface area contributed by atoms with Crippen LogP contribution in [0.5, 0.6) is 0 Å². The van der Waals surface area contributed by atoms with Gasteiger partial charge in [-0.3, -0.25) is 14.9 Å². The number of furan rings is 1. The zero-order valence-corrected chi connectivity index (χ0v) is 16.6. The van der Waals surface area contributed by atoms with Crippen LogP contribution in [0.25, 0.3) is 11.3 Å². The van der Waals surface area contributed by atoms with Gasteiger partial charge in [0.25, 0.3) is 11.6 Å². The SMILES string of the molecule is CCN(CC)c1ccc(NC(=O)c2ccc(-c3ccccc3[N+](=O)[O-])o2)c(C)c1. The molecule has 3 rings (SSSR count). The largest absolute Gasteiger partial charge is 0.451 e. The molecule has 1 heterocycles. The number of anilines is 2. The van der Waals surface area contributed by atoms with Gasteiger partial charge in [0.15, 0.2) is 5.76 Å². The van der Waals surface area contributed by atoms with Gasteiger partial charge < -0.3 is 14.6 Å². The Hall–Kier alpha value is -3.61. The molecule has 0 bridgehead atoms. The van der Waals surface area contributed by atoms with Crippen molar-refractivity contribution in [3.05, 3.63) is 76.0 Å². The Morgan fingerprint density at radius 3 is 2.48 bits per heavy atom. The first-order valence-corrected chi connectivity index (χ1v) is 9.45. The first-order valence-electron chi connectivity index (χ1n) is 9.45. The van der Waals surface area contributed by atoms with Gasteiger partial charge in [-0.1, -0.05) is 12.1 Å². The highest BCUT2D eigenvalue weighted by Crippen LogP contribution is 2.31. The molecule has 0 radical (unpaired) electrons. The van der Waals surface area contributed by atoms with E-state index in [1.807, 2.05) is 25.1 Å². The van der Waals surface area contributed by atoms with Crippen molar-refractivity contribution < 1.29 is 14.1 Å². The van der Waals surface area contributed by atoms with E-state index in [2.05, 4.69) is 24.1 Å². The van der Waals surface area contributed by atoms with Gasteiger partial charge in [0.1, 0.15) is 5.76 Å². The third-order valence-electron chi connectivity index (χ3n) is 4.78. The molecule has 3 aromatic rings. The molecule has 0 aliphatic rings. The number of nitrogens with zero attached hydrogens (tertiary/aromatic N) is 2. The van der Waals surface area contributed by atoms with Crippen molar-refractivity contribution in [2.24, 2.45) is 0 Å². The van der Waals surface area contributed by atoms with E-state index in [0.717, 1.165) is 24.3 Å². The fourth-order valence-electron chi connectivity index (χ4n) is 3.20. The zero-order valence-electron chi connectivity index (χ0n) is 16.6. The lowest BCUT2D eigenvalue weighted by Crippen LogP contribution is -2.22. The number of carbonyl (C=O) groups is 1. The van der Waals surface area contributed by atoms with Crippen LogP contribution < -0.4 is 10.2 Å². The Morgan fingerprint density at radius 2 is 1.83 bits per heavy atom. The Bertz CT molecular complexity index is 1040. The molecule has 0 aliphatic heterocycles. The number of nitro benzene ring substituents is 1. The fraction of sp³-hybridized carbons (Fsp3) is 0.227. The number of hydrogen-bond acceptors (Lipinski definition) is 5. The minimum atomic E-state index is -0.474. The van der Waals surface area contributed by atoms with Gasteiger partial charge in [0.05, 0.1) is 10.5 Å². The van der Waals surface area contributed by atoms with Gasteiger partial charge in [0.2, 0.25) is 0 Å². The Balaban J connectivity index is 1.80. The van der Waals surface area contributed by atoms with Crippen molar-refractivity contribution in [3.8, 4) is 11.3 Å². The van der Waals surface area contributed by atoms with Crippen molar-refractivity contribution in [1.29, 1.82) is 0 Å². The molecule has 0 saturated carbocycles. The molecule has 150 valence electrons. The topological polar surface area (TPSA) is 88.6 Å². The summed E-state index contributed by atoms with van der Waals surface area (Å²) in [6, 6.07) is 15.2. The first-order chi connectivity index (χ1) is 13.9. The monoisotopic (exact) mass is 393 g/mol. The number of rotatable bonds is 7. The number of benzene rings is 2. The Kier molecular flexibility index (Phi) is 5.97. The molecule has 0 atom stereocenters. The smallest absolute Gasteiger partial charge is 0.291 e. The number of carbonyl (C=O) groups excluding carboxylic acids is 1. The Morgan fingerprint density at radius 1 is 1.10 bits per heavy atom. The van der Waals surface area contributed by atoms with Crippen LogP contribution in [-0.4, -0.2) is 23.9 Å². The number of amides is 1. The van der Waals surface area contributed by atoms with Gasteiger partial charge in [-0.15, -0.1) is 0 Å². The highest BCUT2D eigenvalue weighted by molar-refractivity contribution is 6.03. The maximum atomic E-state index is 12.6. The maximum absolute atomic E-state index is 12.6. The van der Waals surface area contributed by atoms with Crippen LogP contribution in [0.4, 0.5) is 17.1 Å². The Labute approximate surface area is 169 Å². The summed E-state index contributed by atoms with van der Waals surface area (Å²) in [6.45, 7) is 7.94. The summed E-state index contributed by atoms with van der Waals surface area (Å²) in [5.41, 5.74) is 2.98. The number of hydrogen-bond donors (Lipinski definition) is 1. The second kappa shape index (κ2) is 8.60. The molecule has 0 aliphatic carbocycles. The fourth-order valence-corrected chi connectivity index (χ4v) is 3.20. The number of nitro groups is 1. The molecule has 0 unspecified atom stereocenters. The highest BCUT2D eigenvalue weighted by atomic mass is 16.6. The normalized spacial score (nSPS) is 10.6. The van der Waals surface area contributed by atoms with E-state index in [0.29, 0.717) is 11.3 Å². The maximum Gasteiger partial charge on any atom is 0.291 e. The molecule has 0 saturated heterocycles. The average molecular weight is 393 g/mol. The third-order valence-corrected chi connectivity index (χ3v) is 4.78. The van der Waals surface area contributed by atoms with E-state index < -0.39 is 10.8 Å². The molecule has 7 nitrogen and oxygen atoms in total. The van der Waals surface area contributed by atoms with Crippen LogP contribution in [0.3, 0.4) is 0 Å². The van der Waals surface area contributed by atoms with Gasteiger partial charge >= 0.3 is 0 Å². The van der Waals surface area contributed by atoms with E-state index >= 15 is 0 Å². The summed E-state index contributed by atoms with van der Waals surface area (Å²) < 4.78 is 5.61. The zero-order chi connectivity index (χ0) is 21.0. The lowest BCUT2D eigenvalue weighted by atomic mass is 10.1. The molecule has 1 aromatic heterocycles. The lowest BCUT2D eigenvalue weighted by molar-refractivity contribution is -0.384. The van der Waals surface area contributed by atoms with Crippen molar-refractivity contribution >= 4 is 23.0 Å². The van der Waals surface area contributed by atoms with Crippen LogP contribution in [0.15, 0.2) is 59.0 Å². The quantitative estimate of drug-likeness (QED) is 0.437. The summed E-state index contributed by atoms with van der Waals surface area (Å²) in [7, 11) is 0. The van der Waals surface area contributed by atoms with E-state index in [-0.39, 0.29) is 17.2 Å². The minimum Gasteiger partial charge on any atom is -0.451 e. The van der Waals surface area contributed by atoms with Crippen molar-refractivity contribution in [2.45, 2.75) is 20.8 Å². The van der Waals surface area contributed by atoms with Crippen LogP contribution >= 0.6 is 0 Å². The summed E-state index contributed by atoms with van der Waals surface area (Å²) in [4.78, 5) is 25.6. The highest BCUT2D eigenvalue weighted by Gasteiger charge is 2.19. The van der Waals surface area contributed by atoms with Gasteiger partial charge in [-0.2, -0.15) is 0 Å². The van der Waals surface area contributed by atoms with Gasteiger partial charge in [0, 0.05) is 30.5 Å². The van der Waals surface area contributed by atoms with Crippen molar-refractivity contribution in [1.82, 2.24) is 0 Å². The molecule has 1 N–H and O–H groups in total. The standard InChI is InChI=1S/C22H23N3O4/c1-4-24(5-2)16-10-11-18(15(3)14-16)23-22(26)21-13-12-20(29-21)17-8-6-7-9-19(17)25(27)28/h6-14H,4-5H2,1-3H3,(H,23,26). The van der Waals surface area contributed by atoms with Crippen LogP contribution in [0, 0.1) is 17.0 Å². The van der Waals surface area contributed by atoms with Crippen LogP contribution in [0.1, 0.15) is 30.0 Å². The van der Waals surface area contributed by atoms with Crippen LogP contribution in [0.2, 0.25) is 0 Å². The molecule has 0 spiro atoms. The van der Waals surface area contributed by atoms with Crippen molar-refractivity contribution in [3.63, 3.8) is 0 Å². The summed E-state index contributed by atoms with van der Waals surface area (Å²) in [5.74, 6) is -0.0463. The number of para-hydroxylation sites is 1.